The summed E-state index contributed by atoms with van der Waals surface area (Å²) in [5.74, 6) is 0. The Morgan fingerprint density at radius 1 is 1.41 bits per heavy atom. The molecule has 120 valence electrons. The van der Waals surface area contributed by atoms with E-state index in [1.54, 1.807) is 18.2 Å². The van der Waals surface area contributed by atoms with Gasteiger partial charge in [0.25, 0.3) is 0 Å². The van der Waals surface area contributed by atoms with Crippen LogP contribution in [0.3, 0.4) is 0 Å². The molecule has 2 rings (SSSR count). The summed E-state index contributed by atoms with van der Waals surface area (Å²) in [6.07, 6.45) is 1.96. The lowest BCUT2D eigenvalue weighted by atomic mass is 10.1. The summed E-state index contributed by atoms with van der Waals surface area (Å²) in [7, 11) is 0. The molecule has 0 aliphatic rings. The summed E-state index contributed by atoms with van der Waals surface area (Å²) in [5.41, 5.74) is 1.04. The SMILES string of the molecule is [2H]c1cc(N([2H])C(C)CCCN(CC)CC)c2c([2H])cc(Cl)cc2n1. The third-order valence-electron chi connectivity index (χ3n) is 3.88. The molecule has 0 bridgehead atoms. The fourth-order valence-corrected chi connectivity index (χ4v) is 2.70. The van der Waals surface area contributed by atoms with E-state index in [-0.39, 0.29) is 18.3 Å². The Labute approximate surface area is 143 Å². The standard InChI is InChI=1S/C18H26ClN3/c1-4-22(5-2)12-6-7-14(3)21-17-10-11-20-18-13-15(19)8-9-16(17)18/h8-11,13-14H,4-7,12H2,1-3H3,(H,20,21)/i9D,11D/hD. The van der Waals surface area contributed by atoms with E-state index in [0.29, 0.717) is 21.6 Å². The highest BCUT2D eigenvalue weighted by Gasteiger charge is 2.07. The fraction of sp³-hybridized carbons (Fsp3) is 0.500. The summed E-state index contributed by atoms with van der Waals surface area (Å²) in [6.45, 7) is 9.41. The van der Waals surface area contributed by atoms with Crippen LogP contribution >= 0.6 is 11.6 Å². The summed E-state index contributed by atoms with van der Waals surface area (Å²) in [6, 6.07) is 4.97. The van der Waals surface area contributed by atoms with Crippen LogP contribution in [0.15, 0.2) is 30.4 Å². The number of hydrogen-bond donors (Lipinski definition) is 1. The summed E-state index contributed by atoms with van der Waals surface area (Å²) >= 11 is 6.01. The van der Waals surface area contributed by atoms with Crippen LogP contribution in [0.25, 0.3) is 10.9 Å². The predicted molar refractivity (Wildman–Crippen MR) is 96.9 cm³/mol. The van der Waals surface area contributed by atoms with Crippen molar-refractivity contribution in [3.8, 4) is 0 Å². The van der Waals surface area contributed by atoms with Gasteiger partial charge in [-0.2, -0.15) is 0 Å². The van der Waals surface area contributed by atoms with E-state index < -0.39 is 0 Å². The maximum Gasteiger partial charge on any atom is 0.160 e. The molecule has 0 fully saturated rings. The molecule has 1 aromatic carbocycles. The van der Waals surface area contributed by atoms with Crippen LogP contribution in [0.4, 0.5) is 5.69 Å². The lowest BCUT2D eigenvalue weighted by Gasteiger charge is -2.20. The number of benzene rings is 1. The van der Waals surface area contributed by atoms with Gasteiger partial charge in [-0.25, -0.2) is 0 Å². The first-order valence-electron chi connectivity index (χ1n) is 9.40. The third-order valence-corrected chi connectivity index (χ3v) is 4.10. The molecular weight excluding hydrogens is 294 g/mol. The Balaban J connectivity index is 2.22. The van der Waals surface area contributed by atoms with Gasteiger partial charge in [-0.15, -0.1) is 0 Å². The topological polar surface area (TPSA) is 28.2 Å². The number of hydrogen-bond acceptors (Lipinski definition) is 3. The zero-order chi connectivity index (χ0) is 18.6. The number of nitrogens with one attached hydrogen (secondary N) is 1. The second-order valence-electron chi connectivity index (χ2n) is 5.50. The zero-order valence-electron chi connectivity index (χ0n) is 16.6. The molecule has 0 aliphatic heterocycles. The number of rotatable bonds is 8. The molecule has 0 saturated heterocycles. The predicted octanol–water partition coefficient (Wildman–Crippen LogP) is 4.81. The molecule has 1 N–H and O–H groups in total. The van der Waals surface area contributed by atoms with Gasteiger partial charge >= 0.3 is 0 Å². The van der Waals surface area contributed by atoms with Gasteiger partial charge in [0.2, 0.25) is 0 Å². The molecule has 3 nitrogen and oxygen atoms in total. The number of pyridine rings is 1. The molecule has 1 atom stereocenters. The van der Waals surface area contributed by atoms with E-state index in [0.717, 1.165) is 32.5 Å². The maximum atomic E-state index is 8.52. The second kappa shape index (κ2) is 8.35. The molecule has 1 unspecified atom stereocenters. The van der Waals surface area contributed by atoms with Crippen molar-refractivity contribution < 1.29 is 4.15 Å². The van der Waals surface area contributed by atoms with Gasteiger partial charge in [0.15, 0.2) is 1.41 Å². The summed E-state index contributed by atoms with van der Waals surface area (Å²) < 4.78 is 24.6. The molecule has 0 spiro atoms. The van der Waals surface area contributed by atoms with Gasteiger partial charge in [-0.3, -0.25) is 4.98 Å². The van der Waals surface area contributed by atoms with Gasteiger partial charge in [-0.05, 0) is 63.6 Å². The molecule has 22 heavy (non-hydrogen) atoms. The van der Waals surface area contributed by atoms with Crippen LogP contribution < -0.4 is 5.31 Å². The highest BCUT2D eigenvalue weighted by atomic mass is 35.5. The van der Waals surface area contributed by atoms with Gasteiger partial charge in [0.05, 0.1) is 8.26 Å². The Hall–Kier alpha value is -1.32. The van der Waals surface area contributed by atoms with Crippen molar-refractivity contribution in [2.75, 3.05) is 24.9 Å². The number of aromatic nitrogens is 1. The van der Waals surface area contributed by atoms with Crippen LogP contribution in [0, 0.1) is 0 Å². The smallest absolute Gasteiger partial charge is 0.160 e. The van der Waals surface area contributed by atoms with E-state index in [1.807, 2.05) is 6.92 Å². The first kappa shape index (κ1) is 13.1. The minimum atomic E-state index is -0.0179. The van der Waals surface area contributed by atoms with Crippen molar-refractivity contribution in [1.29, 1.82) is 0 Å². The molecular formula is C18H26ClN3. The second-order valence-corrected chi connectivity index (χ2v) is 5.93. The van der Waals surface area contributed by atoms with E-state index in [2.05, 4.69) is 23.7 Å². The molecule has 4 heteroatoms. The number of anilines is 1. The first-order chi connectivity index (χ1) is 11.9. The average molecular weight is 323 g/mol. The molecule has 0 aliphatic carbocycles. The van der Waals surface area contributed by atoms with Crippen LogP contribution in [-0.2, 0) is 0 Å². The Kier molecular flexibility index (Phi) is 4.99. The third kappa shape index (κ3) is 4.59. The number of halogens is 1. The van der Waals surface area contributed by atoms with Crippen LogP contribution in [0.5, 0.6) is 0 Å². The zero-order valence-corrected chi connectivity index (χ0v) is 14.3. The monoisotopic (exact) mass is 322 g/mol. The Morgan fingerprint density at radius 2 is 2.18 bits per heavy atom. The van der Waals surface area contributed by atoms with Gasteiger partial charge in [0.1, 0.15) is 0 Å². The largest absolute Gasteiger partial charge is 0.382 e. The highest BCUT2D eigenvalue weighted by Crippen LogP contribution is 2.25. The van der Waals surface area contributed by atoms with Crippen molar-refractivity contribution in [2.24, 2.45) is 0 Å². The Morgan fingerprint density at radius 3 is 2.91 bits per heavy atom. The molecule has 0 radical (unpaired) electrons. The summed E-state index contributed by atoms with van der Waals surface area (Å²) in [5, 5.41) is 2.41. The number of nitrogens with zero attached hydrogens (tertiary/aromatic N) is 2. The minimum Gasteiger partial charge on any atom is -0.382 e. The molecule has 0 saturated carbocycles. The molecule has 0 amide bonds. The molecule has 1 heterocycles. The van der Waals surface area contributed by atoms with Crippen molar-refractivity contribution in [3.05, 3.63) is 35.4 Å². The van der Waals surface area contributed by atoms with Crippen molar-refractivity contribution in [1.82, 2.24) is 9.88 Å². The van der Waals surface area contributed by atoms with Crippen molar-refractivity contribution in [2.45, 2.75) is 39.7 Å². The quantitative estimate of drug-likeness (QED) is 0.756. The highest BCUT2D eigenvalue weighted by molar-refractivity contribution is 6.31. The minimum absolute atomic E-state index is 0.0179. The van der Waals surface area contributed by atoms with Crippen LogP contribution in [0.1, 0.15) is 36.4 Å². The molecule has 2 aromatic rings. The normalized spacial score (nSPS) is 14.7. The first-order valence-corrected chi connectivity index (χ1v) is 8.33. The maximum absolute atomic E-state index is 8.52. The van der Waals surface area contributed by atoms with Gasteiger partial charge < -0.3 is 10.2 Å². The van der Waals surface area contributed by atoms with Crippen LogP contribution in [0.2, 0.25) is 6.43 Å². The Bertz CT molecular complexity index is 717. The number of fused-ring (bicyclic) bond motifs is 1. The van der Waals surface area contributed by atoms with E-state index in [1.165, 1.54) is 5.31 Å². The van der Waals surface area contributed by atoms with Crippen LogP contribution in [-0.4, -0.2) is 35.6 Å². The van der Waals surface area contributed by atoms with E-state index >= 15 is 0 Å². The molecule has 1 aromatic heterocycles. The van der Waals surface area contributed by atoms with Crippen molar-refractivity contribution >= 4 is 28.2 Å². The summed E-state index contributed by atoms with van der Waals surface area (Å²) in [4.78, 5) is 6.52. The van der Waals surface area contributed by atoms with E-state index in [9.17, 15) is 0 Å². The van der Waals surface area contributed by atoms with Gasteiger partial charge in [-0.1, -0.05) is 25.4 Å². The van der Waals surface area contributed by atoms with E-state index in [4.69, 9.17) is 15.8 Å². The lowest BCUT2D eigenvalue weighted by molar-refractivity contribution is 0.295. The lowest BCUT2D eigenvalue weighted by Crippen LogP contribution is -2.25. The average Bonchev–Trinajstić information content (AvgIpc) is 2.56. The van der Waals surface area contributed by atoms with Crippen molar-refractivity contribution in [3.63, 3.8) is 0 Å². The van der Waals surface area contributed by atoms with Gasteiger partial charge in [0, 0.05) is 28.3 Å². The fourth-order valence-electron chi connectivity index (χ4n) is 2.54.